The van der Waals surface area contributed by atoms with Crippen molar-refractivity contribution in [1.82, 2.24) is 14.9 Å². The van der Waals surface area contributed by atoms with Gasteiger partial charge in [0.1, 0.15) is 17.1 Å². The minimum absolute atomic E-state index is 0.154. The fourth-order valence-electron chi connectivity index (χ4n) is 3.73. The third kappa shape index (κ3) is 3.41. The number of carbonyl (C=O) groups excluding carboxylic acids is 2. The molecule has 7 nitrogen and oxygen atoms in total. The fourth-order valence-corrected chi connectivity index (χ4v) is 3.73. The van der Waals surface area contributed by atoms with Crippen LogP contribution >= 0.6 is 0 Å². The minimum atomic E-state index is -2.86. The average Bonchev–Trinajstić information content (AvgIpc) is 3.08. The Bertz CT molecular complexity index is 914. The summed E-state index contributed by atoms with van der Waals surface area (Å²) in [5.41, 5.74) is 1.52. The molecule has 1 saturated heterocycles. The Balaban J connectivity index is 1.55. The molecule has 4 rings (SSSR count). The number of pyridine rings is 1. The number of H-pyrrole nitrogens is 1. The van der Waals surface area contributed by atoms with Gasteiger partial charge in [0.05, 0.1) is 12.3 Å². The largest absolute Gasteiger partial charge is 0.462 e. The normalized spacial score (nSPS) is 23.5. The van der Waals surface area contributed by atoms with Crippen molar-refractivity contribution in [3.05, 3.63) is 24.0 Å². The second-order valence-electron chi connectivity index (χ2n) is 7.29. The fraction of sp³-hybridized carbons (Fsp3) is 0.526. The number of likely N-dealkylation sites (tertiary alicyclic amines) is 1. The first-order chi connectivity index (χ1) is 13.4. The number of ether oxygens (including phenoxy) is 1. The molecule has 3 heterocycles. The summed E-state index contributed by atoms with van der Waals surface area (Å²) in [6.07, 6.45) is 4.29. The number of aromatic amines is 1. The molecule has 1 aliphatic heterocycles. The highest BCUT2D eigenvalue weighted by Gasteiger charge is 2.62. The van der Waals surface area contributed by atoms with Crippen LogP contribution in [-0.2, 0) is 9.53 Å². The van der Waals surface area contributed by atoms with Crippen LogP contribution in [0.5, 0.6) is 0 Å². The number of carbonyl (C=O) groups is 2. The number of hydrogen-bond donors (Lipinski definition) is 2. The lowest BCUT2D eigenvalue weighted by molar-refractivity contribution is -0.135. The van der Waals surface area contributed by atoms with E-state index >= 15 is 0 Å². The molecule has 0 spiro atoms. The number of aromatic nitrogens is 2. The lowest BCUT2D eigenvalue weighted by atomic mass is 10.0. The van der Waals surface area contributed by atoms with E-state index in [2.05, 4.69) is 15.3 Å². The zero-order valence-corrected chi connectivity index (χ0v) is 15.5. The Hall–Kier alpha value is -2.71. The highest BCUT2D eigenvalue weighted by molar-refractivity contribution is 6.04. The monoisotopic (exact) mass is 392 g/mol. The maximum absolute atomic E-state index is 13.3. The molecule has 0 bridgehead atoms. The summed E-state index contributed by atoms with van der Waals surface area (Å²) < 4.78 is 31.7. The number of nitrogens with zero attached hydrogens (tertiary/aromatic N) is 2. The van der Waals surface area contributed by atoms with Gasteiger partial charge in [-0.3, -0.25) is 4.79 Å². The summed E-state index contributed by atoms with van der Waals surface area (Å²) in [6, 6.07) is 1.66. The first-order valence-electron chi connectivity index (χ1n) is 9.47. The molecule has 1 aliphatic carbocycles. The summed E-state index contributed by atoms with van der Waals surface area (Å²) in [6.45, 7) is 2.77. The molecule has 0 aromatic carbocycles. The van der Waals surface area contributed by atoms with Crippen molar-refractivity contribution in [1.29, 1.82) is 0 Å². The van der Waals surface area contributed by atoms with Gasteiger partial charge in [-0.2, -0.15) is 0 Å². The van der Waals surface area contributed by atoms with Crippen LogP contribution in [0.15, 0.2) is 18.5 Å². The van der Waals surface area contributed by atoms with Crippen LogP contribution < -0.4 is 5.32 Å². The van der Waals surface area contributed by atoms with Gasteiger partial charge in [0.2, 0.25) is 5.91 Å². The lowest BCUT2D eigenvalue weighted by Crippen LogP contribution is -2.46. The van der Waals surface area contributed by atoms with E-state index in [1.807, 2.05) is 6.07 Å². The number of amides is 1. The number of esters is 1. The first-order valence-corrected chi connectivity index (χ1v) is 9.47. The molecule has 2 atom stereocenters. The van der Waals surface area contributed by atoms with E-state index in [9.17, 15) is 18.4 Å². The Morgan fingerprint density at radius 2 is 2.25 bits per heavy atom. The van der Waals surface area contributed by atoms with Gasteiger partial charge in [-0.1, -0.05) is 0 Å². The van der Waals surface area contributed by atoms with E-state index < -0.39 is 23.7 Å². The van der Waals surface area contributed by atoms with Crippen LogP contribution in [0.1, 0.15) is 36.5 Å². The van der Waals surface area contributed by atoms with E-state index in [-0.39, 0.29) is 19.1 Å². The van der Waals surface area contributed by atoms with Crippen molar-refractivity contribution in [3.63, 3.8) is 0 Å². The van der Waals surface area contributed by atoms with Crippen LogP contribution in [0.25, 0.3) is 11.0 Å². The maximum atomic E-state index is 13.3. The summed E-state index contributed by atoms with van der Waals surface area (Å²) in [5.74, 6) is -5.01. The number of fused-ring (bicyclic) bond motifs is 1. The second kappa shape index (κ2) is 7.03. The molecule has 2 fully saturated rings. The molecule has 150 valence electrons. The van der Waals surface area contributed by atoms with Crippen molar-refractivity contribution >= 4 is 28.6 Å². The number of anilines is 1. The summed E-state index contributed by atoms with van der Waals surface area (Å²) in [5, 5.41) is 4.08. The van der Waals surface area contributed by atoms with E-state index in [4.69, 9.17) is 4.74 Å². The molecule has 0 unspecified atom stereocenters. The van der Waals surface area contributed by atoms with Crippen LogP contribution in [0, 0.1) is 5.92 Å². The number of rotatable bonds is 5. The molecule has 2 aromatic rings. The van der Waals surface area contributed by atoms with Crippen molar-refractivity contribution in [2.45, 2.75) is 38.2 Å². The Morgan fingerprint density at radius 3 is 2.96 bits per heavy atom. The van der Waals surface area contributed by atoms with Gasteiger partial charge < -0.3 is 19.9 Å². The van der Waals surface area contributed by atoms with Gasteiger partial charge in [0.15, 0.2) is 0 Å². The molecular weight excluding hydrogens is 370 g/mol. The highest BCUT2D eigenvalue weighted by atomic mass is 19.3. The smallest absolute Gasteiger partial charge is 0.341 e. The van der Waals surface area contributed by atoms with Crippen molar-refractivity contribution in [2.24, 2.45) is 5.92 Å². The highest BCUT2D eigenvalue weighted by Crippen LogP contribution is 2.49. The van der Waals surface area contributed by atoms with E-state index in [1.165, 1.54) is 11.1 Å². The molecule has 2 N–H and O–H groups in total. The molecule has 1 amide bonds. The van der Waals surface area contributed by atoms with Gasteiger partial charge >= 0.3 is 5.97 Å². The van der Waals surface area contributed by atoms with Crippen LogP contribution in [0.3, 0.4) is 0 Å². The van der Waals surface area contributed by atoms with Gasteiger partial charge in [-0.05, 0) is 25.8 Å². The van der Waals surface area contributed by atoms with E-state index in [1.54, 1.807) is 13.1 Å². The van der Waals surface area contributed by atoms with Crippen molar-refractivity contribution in [2.75, 3.05) is 25.0 Å². The molecule has 28 heavy (non-hydrogen) atoms. The third-order valence-electron chi connectivity index (χ3n) is 5.29. The first kappa shape index (κ1) is 18.6. The number of alkyl halides is 2. The predicted octanol–water partition coefficient (Wildman–Crippen LogP) is 2.80. The Labute approximate surface area is 160 Å². The Morgan fingerprint density at radius 1 is 1.46 bits per heavy atom. The average molecular weight is 392 g/mol. The SMILES string of the molecule is CCOC(=O)c1cnc2[nH]ccc2c1N[C@@H]1CCCN(C(=O)[C@H]2CC2(F)F)C1. The topological polar surface area (TPSA) is 87.3 Å². The van der Waals surface area contributed by atoms with E-state index in [0.29, 0.717) is 36.4 Å². The molecule has 0 radical (unpaired) electrons. The zero-order valence-electron chi connectivity index (χ0n) is 15.5. The predicted molar refractivity (Wildman–Crippen MR) is 98.3 cm³/mol. The number of piperidine rings is 1. The summed E-state index contributed by atoms with van der Waals surface area (Å²) >= 11 is 0. The van der Waals surface area contributed by atoms with Gasteiger partial charge in [-0.15, -0.1) is 0 Å². The number of nitrogens with one attached hydrogen (secondary N) is 2. The van der Waals surface area contributed by atoms with E-state index in [0.717, 1.165) is 11.8 Å². The van der Waals surface area contributed by atoms with Gasteiger partial charge in [0, 0.05) is 43.3 Å². The molecular formula is C19H22F2N4O3. The molecule has 2 aromatic heterocycles. The molecule has 9 heteroatoms. The zero-order chi connectivity index (χ0) is 19.9. The summed E-state index contributed by atoms with van der Waals surface area (Å²) in [4.78, 5) is 33.4. The molecule has 1 saturated carbocycles. The lowest BCUT2D eigenvalue weighted by Gasteiger charge is -2.34. The van der Waals surface area contributed by atoms with Gasteiger partial charge in [0.25, 0.3) is 5.92 Å². The summed E-state index contributed by atoms with van der Waals surface area (Å²) in [7, 11) is 0. The third-order valence-corrected chi connectivity index (χ3v) is 5.29. The second-order valence-corrected chi connectivity index (χ2v) is 7.29. The van der Waals surface area contributed by atoms with Crippen molar-refractivity contribution < 1.29 is 23.1 Å². The Kier molecular flexibility index (Phi) is 4.68. The van der Waals surface area contributed by atoms with Crippen molar-refractivity contribution in [3.8, 4) is 0 Å². The van der Waals surface area contributed by atoms with Crippen LogP contribution in [0.4, 0.5) is 14.5 Å². The number of halogens is 2. The quantitative estimate of drug-likeness (QED) is 0.764. The van der Waals surface area contributed by atoms with Crippen LogP contribution in [-0.4, -0.2) is 58.4 Å². The van der Waals surface area contributed by atoms with Crippen LogP contribution in [0.2, 0.25) is 0 Å². The standard InChI is InChI=1S/C19H22F2N4O3/c1-2-28-18(27)13-9-23-16-12(5-6-22-16)15(13)24-11-4-3-7-25(10-11)17(26)14-8-19(14,20)21/h5-6,9,11,14H,2-4,7-8,10H2,1H3,(H2,22,23,24)/t11-,14-/m1/s1. The van der Waals surface area contributed by atoms with Gasteiger partial charge in [-0.25, -0.2) is 18.6 Å². The maximum Gasteiger partial charge on any atom is 0.341 e. The number of hydrogen-bond acceptors (Lipinski definition) is 5. The minimum Gasteiger partial charge on any atom is -0.462 e. The molecule has 2 aliphatic rings.